The molecule has 0 aromatic heterocycles. The summed E-state index contributed by atoms with van der Waals surface area (Å²) in [5, 5.41) is 2.89. The number of hydrogen-bond acceptors (Lipinski definition) is 5. The van der Waals surface area contributed by atoms with E-state index in [9.17, 15) is 18.0 Å². The topological polar surface area (TPSA) is 96.0 Å². The van der Waals surface area contributed by atoms with Crippen LogP contribution >= 0.6 is 31.9 Å². The molecule has 1 atom stereocenters. The lowest BCUT2D eigenvalue weighted by Crippen LogP contribution is -2.51. The van der Waals surface area contributed by atoms with Crippen molar-refractivity contribution >= 4 is 59.4 Å². The smallest absolute Gasteiger partial charge is 0.264 e. The number of amides is 2. The number of sulfonamides is 1. The third kappa shape index (κ3) is 8.56. The zero-order valence-electron chi connectivity index (χ0n) is 23.6. The molecule has 0 fully saturated rings. The van der Waals surface area contributed by atoms with E-state index in [1.807, 2.05) is 38.1 Å². The van der Waals surface area contributed by atoms with Gasteiger partial charge in [-0.25, -0.2) is 8.42 Å². The normalized spacial score (nSPS) is 12.0. The Bertz CT molecular complexity index is 1470. The van der Waals surface area contributed by atoms with Crippen LogP contribution in [-0.2, 0) is 26.2 Å². The van der Waals surface area contributed by atoms with Crippen molar-refractivity contribution in [2.45, 2.75) is 51.1 Å². The van der Waals surface area contributed by atoms with Gasteiger partial charge < -0.3 is 15.0 Å². The first-order valence-electron chi connectivity index (χ1n) is 13.2. The van der Waals surface area contributed by atoms with E-state index < -0.39 is 28.5 Å². The van der Waals surface area contributed by atoms with Crippen LogP contribution in [0.3, 0.4) is 0 Å². The van der Waals surface area contributed by atoms with E-state index in [4.69, 9.17) is 4.74 Å². The quantitative estimate of drug-likeness (QED) is 0.218. The van der Waals surface area contributed by atoms with Gasteiger partial charge in [-0.1, -0.05) is 59.1 Å². The van der Waals surface area contributed by atoms with E-state index in [2.05, 4.69) is 37.2 Å². The molecule has 3 aromatic rings. The molecule has 8 nitrogen and oxygen atoms in total. The number of benzene rings is 3. The van der Waals surface area contributed by atoms with Gasteiger partial charge in [-0.3, -0.25) is 13.9 Å². The molecule has 0 bridgehead atoms. The second-order valence-corrected chi connectivity index (χ2v) is 13.2. The van der Waals surface area contributed by atoms with Crippen LogP contribution in [0.4, 0.5) is 5.69 Å². The Balaban J connectivity index is 2.02. The van der Waals surface area contributed by atoms with Crippen LogP contribution in [0.5, 0.6) is 5.75 Å². The summed E-state index contributed by atoms with van der Waals surface area (Å²) in [4.78, 5) is 28.5. The SMILES string of the molecule is CCCCNC(=O)C(C)N(Cc1cccc(Br)c1)C(=O)CN(c1ccc(C)cc1)S(=O)(=O)c1ccc(OC)c(Br)c1. The summed E-state index contributed by atoms with van der Waals surface area (Å²) in [6, 6.07) is 17.9. The molecular formula is C30H35Br2N3O5S. The second-order valence-electron chi connectivity index (χ2n) is 9.62. The van der Waals surface area contributed by atoms with Gasteiger partial charge in [-0.05, 0) is 84.2 Å². The number of halogens is 2. The third-order valence-electron chi connectivity index (χ3n) is 6.55. The molecule has 41 heavy (non-hydrogen) atoms. The number of nitrogens with one attached hydrogen (secondary N) is 1. The van der Waals surface area contributed by atoms with E-state index >= 15 is 0 Å². The van der Waals surface area contributed by atoms with Crippen LogP contribution in [0, 0.1) is 6.92 Å². The third-order valence-corrected chi connectivity index (χ3v) is 9.43. The van der Waals surface area contributed by atoms with Gasteiger partial charge >= 0.3 is 0 Å². The summed E-state index contributed by atoms with van der Waals surface area (Å²) in [7, 11) is -2.70. The number of ether oxygens (including phenoxy) is 1. The fraction of sp³-hybridized carbons (Fsp3) is 0.333. The fourth-order valence-corrected chi connectivity index (χ4v) is 6.71. The molecule has 0 heterocycles. The number of anilines is 1. The molecule has 0 saturated carbocycles. The molecule has 0 radical (unpaired) electrons. The highest BCUT2D eigenvalue weighted by atomic mass is 79.9. The standard InChI is InChI=1S/C30H35Br2N3O5S/c1-5-6-16-33-30(37)22(3)34(19-23-8-7-9-24(31)17-23)29(36)20-35(25-12-10-21(2)11-13-25)41(38,39)26-14-15-28(40-4)27(32)18-26/h7-15,17-18,22H,5-6,16,19-20H2,1-4H3,(H,33,37). The van der Waals surface area contributed by atoms with Crippen LogP contribution < -0.4 is 14.4 Å². The zero-order chi connectivity index (χ0) is 30.2. The average molecular weight is 710 g/mol. The number of aryl methyl sites for hydroxylation is 1. The lowest BCUT2D eigenvalue weighted by atomic mass is 10.1. The minimum atomic E-state index is -4.19. The number of unbranched alkanes of at least 4 members (excludes halogenated alkanes) is 1. The van der Waals surface area contributed by atoms with Crippen molar-refractivity contribution in [3.05, 3.63) is 86.8 Å². The van der Waals surface area contributed by atoms with Crippen molar-refractivity contribution in [3.8, 4) is 5.75 Å². The first-order valence-corrected chi connectivity index (χ1v) is 16.2. The first-order chi connectivity index (χ1) is 19.5. The molecule has 0 aliphatic carbocycles. The fourth-order valence-electron chi connectivity index (χ4n) is 4.13. The maximum atomic E-state index is 14.0. The Morgan fingerprint density at radius 1 is 1.02 bits per heavy atom. The molecule has 0 aliphatic heterocycles. The molecule has 11 heteroatoms. The minimum absolute atomic E-state index is 0.0116. The van der Waals surface area contributed by atoms with Crippen molar-refractivity contribution in [3.63, 3.8) is 0 Å². The van der Waals surface area contributed by atoms with E-state index in [0.717, 1.165) is 32.7 Å². The van der Waals surface area contributed by atoms with Crippen LogP contribution in [0.25, 0.3) is 0 Å². The van der Waals surface area contributed by atoms with Gasteiger partial charge in [0.15, 0.2) is 0 Å². The number of carbonyl (C=O) groups excluding carboxylic acids is 2. The highest BCUT2D eigenvalue weighted by molar-refractivity contribution is 9.10. The maximum Gasteiger partial charge on any atom is 0.264 e. The Labute approximate surface area is 259 Å². The predicted molar refractivity (Wildman–Crippen MR) is 168 cm³/mol. The number of hydrogen-bond donors (Lipinski definition) is 1. The summed E-state index contributed by atoms with van der Waals surface area (Å²) >= 11 is 6.82. The Hall–Kier alpha value is -2.89. The number of carbonyl (C=O) groups is 2. The van der Waals surface area contributed by atoms with Crippen LogP contribution in [0.2, 0.25) is 0 Å². The van der Waals surface area contributed by atoms with Crippen molar-refractivity contribution in [2.24, 2.45) is 0 Å². The second kappa shape index (κ2) is 14.8. The van der Waals surface area contributed by atoms with Crippen molar-refractivity contribution in [1.29, 1.82) is 0 Å². The lowest BCUT2D eigenvalue weighted by Gasteiger charge is -2.32. The van der Waals surface area contributed by atoms with Crippen LogP contribution in [0.15, 0.2) is 80.6 Å². The molecule has 0 spiro atoms. The van der Waals surface area contributed by atoms with E-state index in [-0.39, 0.29) is 17.3 Å². The first kappa shape index (κ1) is 32.6. The molecule has 3 rings (SSSR count). The van der Waals surface area contributed by atoms with Crippen molar-refractivity contribution < 1.29 is 22.7 Å². The zero-order valence-corrected chi connectivity index (χ0v) is 27.6. The number of rotatable bonds is 13. The van der Waals surface area contributed by atoms with Gasteiger partial charge in [0.05, 0.1) is 22.2 Å². The number of methoxy groups -OCH3 is 1. The summed E-state index contributed by atoms with van der Waals surface area (Å²) in [6.45, 7) is 5.69. The monoisotopic (exact) mass is 707 g/mol. The Morgan fingerprint density at radius 3 is 2.34 bits per heavy atom. The molecule has 1 N–H and O–H groups in total. The van der Waals surface area contributed by atoms with Gasteiger partial charge in [0, 0.05) is 17.6 Å². The van der Waals surface area contributed by atoms with Gasteiger partial charge in [0.25, 0.3) is 10.0 Å². The van der Waals surface area contributed by atoms with Crippen LogP contribution in [-0.4, -0.2) is 51.4 Å². The predicted octanol–water partition coefficient (Wildman–Crippen LogP) is 6.06. The molecule has 2 amide bonds. The van der Waals surface area contributed by atoms with Gasteiger partial charge in [-0.15, -0.1) is 0 Å². The highest BCUT2D eigenvalue weighted by Crippen LogP contribution is 2.31. The Kier molecular flexibility index (Phi) is 11.8. The average Bonchev–Trinajstić information content (AvgIpc) is 2.94. The summed E-state index contributed by atoms with van der Waals surface area (Å²) in [5.41, 5.74) is 2.07. The molecule has 0 saturated heterocycles. The van der Waals surface area contributed by atoms with Crippen molar-refractivity contribution in [2.75, 3.05) is 24.5 Å². The van der Waals surface area contributed by atoms with E-state index in [0.29, 0.717) is 22.5 Å². The summed E-state index contributed by atoms with van der Waals surface area (Å²) < 4.78 is 35.7. The van der Waals surface area contributed by atoms with Crippen molar-refractivity contribution in [1.82, 2.24) is 10.2 Å². The van der Waals surface area contributed by atoms with Gasteiger partial charge in [-0.2, -0.15) is 0 Å². The molecule has 0 aliphatic rings. The minimum Gasteiger partial charge on any atom is -0.496 e. The summed E-state index contributed by atoms with van der Waals surface area (Å²) in [6.07, 6.45) is 1.73. The maximum absolute atomic E-state index is 14.0. The Morgan fingerprint density at radius 2 is 1.73 bits per heavy atom. The molecule has 220 valence electrons. The number of nitrogens with zero attached hydrogens (tertiary/aromatic N) is 2. The molecular weight excluding hydrogens is 674 g/mol. The van der Waals surface area contributed by atoms with E-state index in [1.165, 1.54) is 24.1 Å². The largest absolute Gasteiger partial charge is 0.496 e. The molecule has 1 unspecified atom stereocenters. The summed E-state index contributed by atoms with van der Waals surface area (Å²) in [5.74, 6) is -0.338. The van der Waals surface area contributed by atoms with Crippen LogP contribution in [0.1, 0.15) is 37.8 Å². The lowest BCUT2D eigenvalue weighted by molar-refractivity contribution is -0.139. The van der Waals surface area contributed by atoms with E-state index in [1.54, 1.807) is 37.3 Å². The van der Waals surface area contributed by atoms with Gasteiger partial charge in [0.1, 0.15) is 18.3 Å². The highest BCUT2D eigenvalue weighted by Gasteiger charge is 2.32. The van der Waals surface area contributed by atoms with Gasteiger partial charge in [0.2, 0.25) is 11.8 Å². The molecule has 3 aromatic carbocycles.